The summed E-state index contributed by atoms with van der Waals surface area (Å²) in [4.78, 5) is 4.63. The lowest BCUT2D eigenvalue weighted by Crippen LogP contribution is -2.45. The molecule has 1 unspecified atom stereocenters. The number of aryl methyl sites for hydroxylation is 1. The van der Waals surface area contributed by atoms with Crippen LogP contribution < -0.4 is 15.4 Å². The Balaban J connectivity index is 0.00000261. The molecule has 27 heavy (non-hydrogen) atoms. The summed E-state index contributed by atoms with van der Waals surface area (Å²) < 4.78 is 5.26. The smallest absolute Gasteiger partial charge is 0.191 e. The molecule has 5 nitrogen and oxygen atoms in total. The molecule has 0 bridgehead atoms. The minimum absolute atomic E-state index is 0. The molecular formula is C21H28IN3O2. The highest BCUT2D eigenvalue weighted by molar-refractivity contribution is 14.0. The van der Waals surface area contributed by atoms with Crippen LogP contribution in [0.3, 0.4) is 0 Å². The zero-order valence-electron chi connectivity index (χ0n) is 15.9. The molecule has 1 atom stereocenters. The first-order valence-electron chi connectivity index (χ1n) is 9.10. The summed E-state index contributed by atoms with van der Waals surface area (Å²) >= 11 is 0. The second-order valence-corrected chi connectivity index (χ2v) is 6.59. The summed E-state index contributed by atoms with van der Waals surface area (Å²) in [6.07, 6.45) is 1.64. The van der Waals surface area contributed by atoms with Gasteiger partial charge in [0.25, 0.3) is 0 Å². The number of halogens is 1. The lowest BCUT2D eigenvalue weighted by atomic mass is 9.96. The van der Waals surface area contributed by atoms with Crippen molar-refractivity contribution in [3.63, 3.8) is 0 Å². The third-order valence-corrected chi connectivity index (χ3v) is 4.77. The fourth-order valence-corrected chi connectivity index (χ4v) is 3.36. The summed E-state index contributed by atoms with van der Waals surface area (Å²) in [6, 6.07) is 16.0. The van der Waals surface area contributed by atoms with Gasteiger partial charge < -0.3 is 20.5 Å². The van der Waals surface area contributed by atoms with Crippen LogP contribution in [0.1, 0.15) is 30.0 Å². The van der Waals surface area contributed by atoms with E-state index in [1.54, 1.807) is 7.11 Å². The van der Waals surface area contributed by atoms with E-state index in [2.05, 4.69) is 21.7 Å². The Morgan fingerprint density at radius 3 is 2.78 bits per heavy atom. The number of nitrogens with zero attached hydrogens (tertiary/aromatic N) is 1. The molecule has 1 aliphatic carbocycles. The van der Waals surface area contributed by atoms with E-state index in [9.17, 15) is 5.11 Å². The number of hydrogen-bond donors (Lipinski definition) is 3. The van der Waals surface area contributed by atoms with Crippen LogP contribution in [0.4, 0.5) is 0 Å². The highest BCUT2D eigenvalue weighted by atomic mass is 127. The van der Waals surface area contributed by atoms with Crippen molar-refractivity contribution in [2.24, 2.45) is 4.99 Å². The molecule has 0 fully saturated rings. The third-order valence-electron chi connectivity index (χ3n) is 4.77. The van der Waals surface area contributed by atoms with Crippen molar-refractivity contribution in [3.05, 3.63) is 65.2 Å². The van der Waals surface area contributed by atoms with Crippen molar-refractivity contribution in [1.29, 1.82) is 0 Å². The van der Waals surface area contributed by atoms with Crippen molar-refractivity contribution < 1.29 is 9.84 Å². The number of hydrogen-bond acceptors (Lipinski definition) is 3. The number of benzene rings is 2. The highest BCUT2D eigenvalue weighted by Gasteiger charge is 2.36. The number of nitrogens with one attached hydrogen (secondary N) is 2. The number of rotatable bonds is 6. The van der Waals surface area contributed by atoms with Gasteiger partial charge in [0, 0.05) is 6.54 Å². The van der Waals surface area contributed by atoms with E-state index < -0.39 is 5.60 Å². The lowest BCUT2D eigenvalue weighted by Gasteiger charge is -2.25. The van der Waals surface area contributed by atoms with E-state index in [-0.39, 0.29) is 24.0 Å². The molecule has 2 aromatic carbocycles. The number of methoxy groups -OCH3 is 1. The zero-order chi connectivity index (χ0) is 18.4. The Kier molecular flexibility index (Phi) is 7.91. The van der Waals surface area contributed by atoms with Gasteiger partial charge in [-0.15, -0.1) is 24.0 Å². The summed E-state index contributed by atoms with van der Waals surface area (Å²) in [5.41, 5.74) is 2.49. The van der Waals surface area contributed by atoms with E-state index in [0.29, 0.717) is 19.0 Å². The van der Waals surface area contributed by atoms with Gasteiger partial charge in [0.2, 0.25) is 0 Å². The van der Waals surface area contributed by atoms with Crippen molar-refractivity contribution in [2.75, 3.05) is 20.2 Å². The minimum atomic E-state index is -0.844. The van der Waals surface area contributed by atoms with Gasteiger partial charge in [-0.3, -0.25) is 0 Å². The minimum Gasteiger partial charge on any atom is -0.497 e. The Hall–Kier alpha value is -1.80. The topological polar surface area (TPSA) is 65.9 Å². The maximum absolute atomic E-state index is 11.1. The van der Waals surface area contributed by atoms with Gasteiger partial charge in [-0.1, -0.05) is 36.4 Å². The molecule has 0 aromatic heterocycles. The van der Waals surface area contributed by atoms with E-state index >= 15 is 0 Å². The molecule has 0 heterocycles. The molecule has 0 radical (unpaired) electrons. The van der Waals surface area contributed by atoms with Crippen molar-refractivity contribution in [2.45, 2.75) is 31.9 Å². The standard InChI is InChI=1S/C21H27N3O2.HI/c1-3-22-20(23-14-16-7-6-9-18(13-16)26-2)24-15-21(25)12-11-17-8-4-5-10-19(17)21;/h4-10,13,25H,3,11-12,14-15H2,1-2H3,(H2,22,23,24);1H. The first-order valence-corrected chi connectivity index (χ1v) is 9.10. The van der Waals surface area contributed by atoms with Crippen LogP contribution in [0.25, 0.3) is 0 Å². The second-order valence-electron chi connectivity index (χ2n) is 6.59. The molecule has 0 saturated carbocycles. The van der Waals surface area contributed by atoms with E-state index in [1.807, 2.05) is 49.4 Å². The molecule has 3 N–H and O–H groups in total. The van der Waals surface area contributed by atoms with Gasteiger partial charge in [0.15, 0.2) is 5.96 Å². The second kappa shape index (κ2) is 9.94. The molecular weight excluding hydrogens is 453 g/mol. The lowest BCUT2D eigenvalue weighted by molar-refractivity contribution is 0.0432. The molecule has 0 saturated heterocycles. The molecule has 3 rings (SSSR count). The Bertz CT molecular complexity index is 782. The fourth-order valence-electron chi connectivity index (χ4n) is 3.36. The molecule has 1 aliphatic rings. The van der Waals surface area contributed by atoms with Gasteiger partial charge in [-0.05, 0) is 48.6 Å². The Morgan fingerprint density at radius 2 is 2.00 bits per heavy atom. The third kappa shape index (κ3) is 5.35. The van der Waals surface area contributed by atoms with Gasteiger partial charge in [0.1, 0.15) is 11.4 Å². The average molecular weight is 481 g/mol. The van der Waals surface area contributed by atoms with Crippen LogP contribution >= 0.6 is 24.0 Å². The first-order chi connectivity index (χ1) is 12.6. The van der Waals surface area contributed by atoms with Crippen LogP contribution in [0.15, 0.2) is 53.5 Å². The molecule has 2 aromatic rings. The van der Waals surface area contributed by atoms with E-state index in [4.69, 9.17) is 4.74 Å². The quantitative estimate of drug-likeness (QED) is 0.337. The molecule has 0 aliphatic heterocycles. The van der Waals surface area contributed by atoms with Crippen molar-refractivity contribution >= 4 is 29.9 Å². The maximum atomic E-state index is 11.1. The Labute approximate surface area is 178 Å². The largest absolute Gasteiger partial charge is 0.497 e. The van der Waals surface area contributed by atoms with Crippen LogP contribution in [0, 0.1) is 0 Å². The van der Waals surface area contributed by atoms with Gasteiger partial charge >= 0.3 is 0 Å². The van der Waals surface area contributed by atoms with E-state index in [0.717, 1.165) is 36.3 Å². The fraction of sp³-hybridized carbons (Fsp3) is 0.381. The van der Waals surface area contributed by atoms with Crippen LogP contribution in [-0.2, 0) is 18.6 Å². The summed E-state index contributed by atoms with van der Waals surface area (Å²) in [5.74, 6) is 1.53. The number of guanidine groups is 1. The Morgan fingerprint density at radius 1 is 1.19 bits per heavy atom. The van der Waals surface area contributed by atoms with Gasteiger partial charge in [0.05, 0.1) is 20.2 Å². The first kappa shape index (κ1) is 21.5. The number of ether oxygens (including phenoxy) is 1. The average Bonchev–Trinajstić information content (AvgIpc) is 3.02. The van der Waals surface area contributed by atoms with Crippen LogP contribution in [0.5, 0.6) is 5.75 Å². The molecule has 0 amide bonds. The number of aliphatic imine (C=N–C) groups is 1. The van der Waals surface area contributed by atoms with Crippen LogP contribution in [-0.4, -0.2) is 31.3 Å². The van der Waals surface area contributed by atoms with Crippen LogP contribution in [0.2, 0.25) is 0 Å². The molecule has 6 heteroatoms. The van der Waals surface area contributed by atoms with Crippen molar-refractivity contribution in [1.82, 2.24) is 10.6 Å². The summed E-state index contributed by atoms with van der Waals surface area (Å²) in [5, 5.41) is 17.6. The summed E-state index contributed by atoms with van der Waals surface area (Å²) in [6.45, 7) is 3.77. The number of fused-ring (bicyclic) bond motifs is 1. The molecule has 0 spiro atoms. The normalized spacial score (nSPS) is 18.4. The number of aliphatic hydroxyl groups is 1. The predicted molar refractivity (Wildman–Crippen MR) is 120 cm³/mol. The maximum Gasteiger partial charge on any atom is 0.191 e. The SMILES string of the molecule is CCNC(=NCc1cccc(OC)c1)NCC1(O)CCc2ccccc21.I. The monoisotopic (exact) mass is 481 g/mol. The van der Waals surface area contributed by atoms with E-state index in [1.165, 1.54) is 5.56 Å². The highest BCUT2D eigenvalue weighted by Crippen LogP contribution is 2.36. The van der Waals surface area contributed by atoms with Gasteiger partial charge in [-0.2, -0.15) is 0 Å². The summed E-state index contributed by atoms with van der Waals surface area (Å²) in [7, 11) is 1.66. The molecule has 146 valence electrons. The predicted octanol–water partition coefficient (Wildman–Crippen LogP) is 3.20. The zero-order valence-corrected chi connectivity index (χ0v) is 18.2. The van der Waals surface area contributed by atoms with Crippen molar-refractivity contribution in [3.8, 4) is 5.75 Å². The van der Waals surface area contributed by atoms with Gasteiger partial charge in [-0.25, -0.2) is 4.99 Å².